The van der Waals surface area contributed by atoms with Crippen molar-refractivity contribution in [3.63, 3.8) is 0 Å². The van der Waals surface area contributed by atoms with Crippen LogP contribution in [0.3, 0.4) is 0 Å². The lowest BCUT2D eigenvalue weighted by Gasteiger charge is -2.26. The van der Waals surface area contributed by atoms with E-state index in [-0.39, 0.29) is 18.5 Å². The summed E-state index contributed by atoms with van der Waals surface area (Å²) in [5, 5.41) is 9.00. The zero-order valence-corrected chi connectivity index (χ0v) is 12.5. The maximum Gasteiger partial charge on any atom is 0.255 e. The molecule has 0 radical (unpaired) electrons. The molecule has 1 saturated carbocycles. The van der Waals surface area contributed by atoms with E-state index in [2.05, 4.69) is 6.07 Å². The predicted molar refractivity (Wildman–Crippen MR) is 78.5 cm³/mol. The van der Waals surface area contributed by atoms with E-state index in [9.17, 15) is 4.79 Å². The summed E-state index contributed by atoms with van der Waals surface area (Å²) >= 11 is 0. The molecule has 1 aliphatic carbocycles. The van der Waals surface area contributed by atoms with Gasteiger partial charge < -0.3 is 14.4 Å². The molecule has 2 rings (SSSR count). The van der Waals surface area contributed by atoms with Crippen molar-refractivity contribution < 1.29 is 14.3 Å². The van der Waals surface area contributed by atoms with Crippen LogP contribution in [-0.2, 0) is 0 Å². The molecular formula is C16H20N2O3. The van der Waals surface area contributed by atoms with E-state index in [4.69, 9.17) is 14.7 Å². The number of hydrogen-bond donors (Lipinski definition) is 0. The van der Waals surface area contributed by atoms with Crippen LogP contribution in [0, 0.1) is 11.3 Å². The highest BCUT2D eigenvalue weighted by atomic mass is 16.5. The quantitative estimate of drug-likeness (QED) is 0.781. The Hall–Kier alpha value is -2.22. The molecule has 5 heteroatoms. The first-order valence-electron chi connectivity index (χ1n) is 7.10. The van der Waals surface area contributed by atoms with Crippen LogP contribution in [0.25, 0.3) is 0 Å². The van der Waals surface area contributed by atoms with Gasteiger partial charge in [0.25, 0.3) is 5.91 Å². The highest BCUT2D eigenvalue weighted by Gasteiger charge is 2.27. The highest BCUT2D eigenvalue weighted by molar-refractivity contribution is 5.95. The van der Waals surface area contributed by atoms with Crippen molar-refractivity contribution in [1.29, 1.82) is 5.26 Å². The number of carbonyl (C=O) groups excluding carboxylic acids is 1. The number of nitriles is 1. The largest absolute Gasteiger partial charge is 0.497 e. The molecule has 0 unspecified atom stereocenters. The van der Waals surface area contributed by atoms with Gasteiger partial charge in [-0.15, -0.1) is 0 Å². The zero-order chi connectivity index (χ0) is 15.2. The first kappa shape index (κ1) is 15.2. The van der Waals surface area contributed by atoms with Crippen LogP contribution < -0.4 is 9.47 Å². The molecule has 1 aliphatic rings. The third-order valence-electron chi connectivity index (χ3n) is 3.87. The van der Waals surface area contributed by atoms with E-state index in [1.807, 2.05) is 0 Å². The summed E-state index contributed by atoms with van der Waals surface area (Å²) in [5.41, 5.74) is 0.494. The normalized spacial score (nSPS) is 14.5. The van der Waals surface area contributed by atoms with Crippen molar-refractivity contribution in [2.45, 2.75) is 31.7 Å². The van der Waals surface area contributed by atoms with Gasteiger partial charge in [-0.3, -0.25) is 4.79 Å². The fourth-order valence-corrected chi connectivity index (χ4v) is 2.76. The number of nitrogens with zero attached hydrogens (tertiary/aromatic N) is 2. The molecule has 0 spiro atoms. The van der Waals surface area contributed by atoms with Crippen LogP contribution in [0.15, 0.2) is 18.2 Å². The Morgan fingerprint density at radius 2 is 1.81 bits per heavy atom. The van der Waals surface area contributed by atoms with Gasteiger partial charge in [0.1, 0.15) is 18.0 Å². The Balaban J connectivity index is 2.29. The van der Waals surface area contributed by atoms with Crippen molar-refractivity contribution in [3.05, 3.63) is 23.8 Å². The predicted octanol–water partition coefficient (Wildman–Crippen LogP) is 2.61. The van der Waals surface area contributed by atoms with Crippen molar-refractivity contribution in [3.8, 4) is 17.6 Å². The standard InChI is InChI=1S/C16H20N2O3/c1-20-14-9-12(10-15(11-14)21-2)16(19)18(8-7-17)13-5-3-4-6-13/h9-11,13H,3-6,8H2,1-2H3. The first-order valence-corrected chi connectivity index (χ1v) is 7.10. The summed E-state index contributed by atoms with van der Waals surface area (Å²) < 4.78 is 10.4. The van der Waals surface area contributed by atoms with E-state index in [1.54, 1.807) is 37.3 Å². The Morgan fingerprint density at radius 3 is 2.29 bits per heavy atom. The molecule has 0 N–H and O–H groups in total. The minimum atomic E-state index is -0.138. The topological polar surface area (TPSA) is 62.6 Å². The summed E-state index contributed by atoms with van der Waals surface area (Å²) in [6.45, 7) is 0.114. The summed E-state index contributed by atoms with van der Waals surface area (Å²) in [5.74, 6) is 1.00. The Kier molecular flexibility index (Phi) is 5.04. The van der Waals surface area contributed by atoms with Crippen molar-refractivity contribution in [2.75, 3.05) is 20.8 Å². The Morgan fingerprint density at radius 1 is 1.24 bits per heavy atom. The van der Waals surface area contributed by atoms with E-state index >= 15 is 0 Å². The lowest BCUT2D eigenvalue weighted by molar-refractivity contribution is 0.0708. The SMILES string of the molecule is COc1cc(OC)cc(C(=O)N(CC#N)C2CCCC2)c1. The maximum atomic E-state index is 12.7. The third-order valence-corrected chi connectivity index (χ3v) is 3.87. The number of hydrogen-bond acceptors (Lipinski definition) is 4. The number of methoxy groups -OCH3 is 2. The van der Waals surface area contributed by atoms with Gasteiger partial charge in [0.05, 0.1) is 20.3 Å². The van der Waals surface area contributed by atoms with Crippen LogP contribution in [0.2, 0.25) is 0 Å². The molecule has 0 heterocycles. The smallest absolute Gasteiger partial charge is 0.255 e. The first-order chi connectivity index (χ1) is 10.2. The van der Waals surface area contributed by atoms with E-state index in [1.165, 1.54) is 0 Å². The van der Waals surface area contributed by atoms with E-state index < -0.39 is 0 Å². The third kappa shape index (κ3) is 3.46. The number of rotatable bonds is 5. The fourth-order valence-electron chi connectivity index (χ4n) is 2.76. The number of carbonyl (C=O) groups is 1. The molecule has 0 atom stereocenters. The molecule has 0 aromatic heterocycles. The Bertz CT molecular complexity index is 523. The van der Waals surface area contributed by atoms with Crippen molar-refractivity contribution in [2.24, 2.45) is 0 Å². The molecule has 5 nitrogen and oxygen atoms in total. The molecule has 1 aromatic rings. The number of benzene rings is 1. The molecule has 0 bridgehead atoms. The van der Waals surface area contributed by atoms with Gasteiger partial charge >= 0.3 is 0 Å². The van der Waals surface area contributed by atoms with Gasteiger partial charge in [-0.2, -0.15) is 5.26 Å². The monoisotopic (exact) mass is 288 g/mol. The van der Waals surface area contributed by atoms with Crippen LogP contribution in [0.5, 0.6) is 11.5 Å². The molecule has 0 aliphatic heterocycles. The van der Waals surface area contributed by atoms with Crippen molar-refractivity contribution in [1.82, 2.24) is 4.90 Å². The lowest BCUT2D eigenvalue weighted by atomic mass is 10.1. The van der Waals surface area contributed by atoms with Gasteiger partial charge in [-0.25, -0.2) is 0 Å². The molecular weight excluding hydrogens is 268 g/mol. The van der Waals surface area contributed by atoms with E-state index in [0.717, 1.165) is 25.7 Å². The summed E-state index contributed by atoms with van der Waals surface area (Å²) in [6, 6.07) is 7.35. The molecule has 0 saturated heterocycles. The Labute approximate surface area is 125 Å². The lowest BCUT2D eigenvalue weighted by Crippen LogP contribution is -2.39. The summed E-state index contributed by atoms with van der Waals surface area (Å²) in [7, 11) is 3.10. The maximum absolute atomic E-state index is 12.7. The van der Waals surface area contributed by atoms with E-state index in [0.29, 0.717) is 17.1 Å². The van der Waals surface area contributed by atoms with Crippen LogP contribution >= 0.6 is 0 Å². The molecule has 1 fully saturated rings. The second-order valence-corrected chi connectivity index (χ2v) is 5.13. The number of ether oxygens (including phenoxy) is 2. The van der Waals surface area contributed by atoms with Gasteiger partial charge in [0.15, 0.2) is 0 Å². The van der Waals surface area contributed by atoms with Crippen LogP contribution in [0.1, 0.15) is 36.0 Å². The molecule has 112 valence electrons. The van der Waals surface area contributed by atoms with Gasteiger partial charge in [0.2, 0.25) is 0 Å². The molecule has 21 heavy (non-hydrogen) atoms. The zero-order valence-electron chi connectivity index (χ0n) is 12.5. The van der Waals surface area contributed by atoms with Gasteiger partial charge in [0, 0.05) is 17.7 Å². The molecule has 1 amide bonds. The second-order valence-electron chi connectivity index (χ2n) is 5.13. The highest BCUT2D eigenvalue weighted by Crippen LogP contribution is 2.27. The number of amides is 1. The minimum Gasteiger partial charge on any atom is -0.497 e. The van der Waals surface area contributed by atoms with Crippen LogP contribution in [-0.4, -0.2) is 37.6 Å². The summed E-state index contributed by atoms with van der Waals surface area (Å²) in [6.07, 6.45) is 4.16. The average molecular weight is 288 g/mol. The fraction of sp³-hybridized carbons (Fsp3) is 0.500. The van der Waals surface area contributed by atoms with Crippen LogP contribution in [0.4, 0.5) is 0 Å². The molecule has 1 aromatic carbocycles. The average Bonchev–Trinajstić information content (AvgIpc) is 3.05. The summed E-state index contributed by atoms with van der Waals surface area (Å²) in [4.78, 5) is 14.4. The van der Waals surface area contributed by atoms with Crippen molar-refractivity contribution >= 4 is 5.91 Å². The van der Waals surface area contributed by atoms with Gasteiger partial charge in [-0.05, 0) is 25.0 Å². The van der Waals surface area contributed by atoms with Gasteiger partial charge in [-0.1, -0.05) is 12.8 Å². The minimum absolute atomic E-state index is 0.114. The second kappa shape index (κ2) is 6.98.